The van der Waals surface area contributed by atoms with Gasteiger partial charge in [0.25, 0.3) is 11.5 Å². The minimum Gasteiger partial charge on any atom is -0.493 e. The molecule has 0 bridgehead atoms. The smallest absolute Gasteiger partial charge is 0.266 e. The second-order valence-electron chi connectivity index (χ2n) is 6.38. The van der Waals surface area contributed by atoms with Crippen LogP contribution in [0.25, 0.3) is 5.82 Å². The van der Waals surface area contributed by atoms with E-state index in [9.17, 15) is 9.59 Å². The molecule has 0 aliphatic carbocycles. The fourth-order valence-electron chi connectivity index (χ4n) is 2.81. The van der Waals surface area contributed by atoms with Gasteiger partial charge in [0, 0.05) is 18.3 Å². The Morgan fingerprint density at radius 3 is 2.55 bits per heavy atom. The van der Waals surface area contributed by atoms with Gasteiger partial charge in [-0.25, -0.2) is 9.36 Å². The van der Waals surface area contributed by atoms with Crippen LogP contribution in [0.2, 0.25) is 0 Å². The summed E-state index contributed by atoms with van der Waals surface area (Å²) in [4.78, 5) is 24.1. The van der Waals surface area contributed by atoms with Gasteiger partial charge in [-0.15, -0.1) is 5.10 Å². The molecule has 1 amide bonds. The van der Waals surface area contributed by atoms with Gasteiger partial charge in [0.1, 0.15) is 0 Å². The zero-order valence-electron chi connectivity index (χ0n) is 16.6. The van der Waals surface area contributed by atoms with Crippen molar-refractivity contribution in [3.63, 3.8) is 0 Å². The molecule has 0 aliphatic rings. The Morgan fingerprint density at radius 2 is 1.86 bits per heavy atom. The summed E-state index contributed by atoms with van der Waals surface area (Å²) in [6, 6.07) is 12.1. The van der Waals surface area contributed by atoms with Crippen molar-refractivity contribution in [3.8, 4) is 17.3 Å². The summed E-state index contributed by atoms with van der Waals surface area (Å²) in [7, 11) is 1.53. The van der Waals surface area contributed by atoms with Crippen LogP contribution in [0.4, 0.5) is 0 Å². The molecule has 2 aromatic heterocycles. The number of nitrogens with zero attached hydrogens (tertiary/aromatic N) is 4. The van der Waals surface area contributed by atoms with E-state index in [1.807, 2.05) is 26.0 Å². The number of amides is 1. The minimum atomic E-state index is -0.307. The predicted molar refractivity (Wildman–Crippen MR) is 107 cm³/mol. The standard InChI is InChI=1S/C20H23N5O4/c1-14-12-15(2)25(22-14)18-8-9-20(27)24(23-18)11-10-21-19(26)13-29-17-7-5-4-6-16(17)28-3/h4-9,12H,10-11,13H2,1-3H3,(H,21,26). The van der Waals surface area contributed by atoms with E-state index >= 15 is 0 Å². The Kier molecular flexibility index (Phi) is 6.28. The highest BCUT2D eigenvalue weighted by Gasteiger charge is 2.09. The lowest BCUT2D eigenvalue weighted by molar-refractivity contribution is -0.123. The largest absolute Gasteiger partial charge is 0.493 e. The maximum atomic E-state index is 12.1. The molecule has 29 heavy (non-hydrogen) atoms. The number of carbonyl (C=O) groups is 1. The lowest BCUT2D eigenvalue weighted by Crippen LogP contribution is -2.34. The molecule has 1 N–H and O–H groups in total. The number of aromatic nitrogens is 4. The molecule has 0 radical (unpaired) electrons. The van der Waals surface area contributed by atoms with E-state index in [0.29, 0.717) is 17.3 Å². The average Bonchev–Trinajstić information content (AvgIpc) is 3.06. The summed E-state index contributed by atoms with van der Waals surface area (Å²) in [5.41, 5.74) is 1.53. The van der Waals surface area contributed by atoms with Crippen LogP contribution in [-0.2, 0) is 11.3 Å². The Labute approximate surface area is 167 Å². The van der Waals surface area contributed by atoms with E-state index in [0.717, 1.165) is 11.4 Å². The summed E-state index contributed by atoms with van der Waals surface area (Å²) < 4.78 is 13.6. The highest BCUT2D eigenvalue weighted by Crippen LogP contribution is 2.25. The molecule has 2 heterocycles. The molecular formula is C20H23N5O4. The third kappa shape index (κ3) is 5.01. The molecule has 0 atom stereocenters. The maximum absolute atomic E-state index is 12.1. The van der Waals surface area contributed by atoms with Crippen LogP contribution >= 0.6 is 0 Å². The first-order valence-corrected chi connectivity index (χ1v) is 9.12. The molecule has 3 rings (SSSR count). The Bertz CT molecular complexity index is 1060. The Balaban J connectivity index is 1.56. The summed E-state index contributed by atoms with van der Waals surface area (Å²) in [5, 5.41) is 11.4. The van der Waals surface area contributed by atoms with E-state index < -0.39 is 0 Å². The van der Waals surface area contributed by atoms with Crippen molar-refractivity contribution in [1.82, 2.24) is 24.9 Å². The average molecular weight is 397 g/mol. The van der Waals surface area contributed by atoms with Crippen molar-refractivity contribution in [2.45, 2.75) is 20.4 Å². The van der Waals surface area contributed by atoms with Gasteiger partial charge in [-0.3, -0.25) is 9.59 Å². The Hall–Kier alpha value is -3.62. The number of hydrogen-bond donors (Lipinski definition) is 1. The summed E-state index contributed by atoms with van der Waals surface area (Å²) in [5.74, 6) is 1.28. The first-order chi connectivity index (χ1) is 14.0. The van der Waals surface area contributed by atoms with Gasteiger partial charge in [-0.05, 0) is 38.1 Å². The molecule has 3 aromatic rings. The number of nitrogens with one attached hydrogen (secondary N) is 1. The number of aryl methyl sites for hydroxylation is 2. The van der Waals surface area contributed by atoms with Gasteiger partial charge in [-0.1, -0.05) is 12.1 Å². The highest BCUT2D eigenvalue weighted by atomic mass is 16.5. The van der Waals surface area contributed by atoms with Crippen molar-refractivity contribution in [1.29, 1.82) is 0 Å². The molecule has 152 valence electrons. The molecule has 0 fully saturated rings. The highest BCUT2D eigenvalue weighted by molar-refractivity contribution is 5.77. The SMILES string of the molecule is COc1ccccc1OCC(=O)NCCn1nc(-n2nc(C)cc2C)ccc1=O. The lowest BCUT2D eigenvalue weighted by atomic mass is 10.3. The Morgan fingerprint density at radius 1 is 1.10 bits per heavy atom. The molecule has 9 heteroatoms. The van der Waals surface area contributed by atoms with Crippen LogP contribution in [-0.4, -0.2) is 45.7 Å². The normalized spacial score (nSPS) is 10.6. The van der Waals surface area contributed by atoms with Gasteiger partial charge in [0.2, 0.25) is 0 Å². The quantitative estimate of drug-likeness (QED) is 0.614. The van der Waals surface area contributed by atoms with Gasteiger partial charge in [0.15, 0.2) is 23.9 Å². The molecule has 0 aliphatic heterocycles. The number of para-hydroxylation sites is 2. The molecule has 0 saturated carbocycles. The van der Waals surface area contributed by atoms with Crippen LogP contribution in [0.15, 0.2) is 47.3 Å². The molecule has 9 nitrogen and oxygen atoms in total. The number of benzene rings is 1. The maximum Gasteiger partial charge on any atom is 0.266 e. The number of carbonyl (C=O) groups excluding carboxylic acids is 1. The summed E-state index contributed by atoms with van der Waals surface area (Å²) >= 11 is 0. The third-order valence-electron chi connectivity index (χ3n) is 4.15. The van der Waals surface area contributed by atoms with Crippen molar-refractivity contribution in [3.05, 3.63) is 64.2 Å². The number of methoxy groups -OCH3 is 1. The third-order valence-corrected chi connectivity index (χ3v) is 4.15. The molecule has 0 saturated heterocycles. The lowest BCUT2D eigenvalue weighted by Gasteiger charge is -2.11. The van der Waals surface area contributed by atoms with Crippen molar-refractivity contribution < 1.29 is 14.3 Å². The first kappa shape index (κ1) is 20.1. The van der Waals surface area contributed by atoms with Gasteiger partial charge in [0.05, 0.1) is 19.3 Å². The zero-order valence-corrected chi connectivity index (χ0v) is 16.6. The van der Waals surface area contributed by atoms with E-state index in [2.05, 4.69) is 15.5 Å². The minimum absolute atomic E-state index is 0.158. The van der Waals surface area contributed by atoms with E-state index in [-0.39, 0.29) is 31.2 Å². The first-order valence-electron chi connectivity index (χ1n) is 9.12. The van der Waals surface area contributed by atoms with Crippen LogP contribution in [0, 0.1) is 13.8 Å². The number of ether oxygens (including phenoxy) is 2. The van der Waals surface area contributed by atoms with Crippen LogP contribution in [0.1, 0.15) is 11.4 Å². The van der Waals surface area contributed by atoms with E-state index in [1.165, 1.54) is 17.9 Å². The fraction of sp³-hybridized carbons (Fsp3) is 0.300. The predicted octanol–water partition coefficient (Wildman–Crippen LogP) is 1.25. The van der Waals surface area contributed by atoms with Crippen molar-refractivity contribution >= 4 is 5.91 Å². The van der Waals surface area contributed by atoms with Crippen molar-refractivity contribution in [2.24, 2.45) is 0 Å². The van der Waals surface area contributed by atoms with Gasteiger partial charge >= 0.3 is 0 Å². The fourth-order valence-corrected chi connectivity index (χ4v) is 2.81. The monoisotopic (exact) mass is 397 g/mol. The summed E-state index contributed by atoms with van der Waals surface area (Å²) in [6.45, 7) is 4.11. The second kappa shape index (κ2) is 9.05. The van der Waals surface area contributed by atoms with Crippen LogP contribution in [0.5, 0.6) is 11.5 Å². The van der Waals surface area contributed by atoms with Crippen LogP contribution in [0.3, 0.4) is 0 Å². The second-order valence-corrected chi connectivity index (χ2v) is 6.38. The summed E-state index contributed by atoms with van der Waals surface area (Å²) in [6.07, 6.45) is 0. The van der Waals surface area contributed by atoms with Gasteiger partial charge in [-0.2, -0.15) is 5.10 Å². The molecule has 0 spiro atoms. The molecule has 1 aromatic carbocycles. The number of hydrogen-bond acceptors (Lipinski definition) is 6. The van der Waals surface area contributed by atoms with Crippen LogP contribution < -0.4 is 20.3 Å². The number of rotatable bonds is 8. The van der Waals surface area contributed by atoms with E-state index in [1.54, 1.807) is 28.9 Å². The zero-order chi connectivity index (χ0) is 20.8. The molecule has 0 unspecified atom stereocenters. The van der Waals surface area contributed by atoms with Gasteiger partial charge < -0.3 is 14.8 Å². The van der Waals surface area contributed by atoms with Crippen molar-refractivity contribution in [2.75, 3.05) is 20.3 Å². The molecular weight excluding hydrogens is 374 g/mol. The van der Waals surface area contributed by atoms with E-state index in [4.69, 9.17) is 9.47 Å². The topological polar surface area (TPSA) is 100 Å².